The van der Waals surface area contributed by atoms with Crippen molar-refractivity contribution in [1.82, 2.24) is 0 Å². The Bertz CT molecular complexity index is 245. The summed E-state index contributed by atoms with van der Waals surface area (Å²) in [5, 5.41) is 0. The number of para-hydroxylation sites is 1. The smallest absolute Gasteiger partial charge is 0.119 e. The van der Waals surface area contributed by atoms with E-state index in [1.54, 1.807) is 0 Å². The van der Waals surface area contributed by atoms with Gasteiger partial charge in [-0.2, -0.15) is 0 Å². The minimum atomic E-state index is 0.310. The molecule has 2 atom stereocenters. The number of hydrogen-bond acceptors (Lipinski definition) is 2. The summed E-state index contributed by atoms with van der Waals surface area (Å²) >= 11 is 0. The zero-order valence-electron chi connectivity index (χ0n) is 7.07. The summed E-state index contributed by atoms with van der Waals surface area (Å²) in [4.78, 5) is 0. The number of benzene rings is 1. The van der Waals surface area contributed by atoms with Crippen molar-refractivity contribution in [2.24, 2.45) is 0 Å². The maximum atomic E-state index is 5.48. The van der Waals surface area contributed by atoms with Gasteiger partial charge in [-0.05, 0) is 19.1 Å². The van der Waals surface area contributed by atoms with Crippen LogP contribution in [0.1, 0.15) is 6.92 Å². The maximum Gasteiger partial charge on any atom is 0.119 e. The van der Waals surface area contributed by atoms with Crippen molar-refractivity contribution in [2.45, 2.75) is 19.1 Å². The van der Waals surface area contributed by atoms with Gasteiger partial charge in [-0.3, -0.25) is 0 Å². The molecule has 0 aromatic heterocycles. The molecular formula is C10H12O2. The third-order valence-electron chi connectivity index (χ3n) is 1.99. The van der Waals surface area contributed by atoms with E-state index in [1.807, 2.05) is 30.3 Å². The third-order valence-corrected chi connectivity index (χ3v) is 1.99. The van der Waals surface area contributed by atoms with Gasteiger partial charge in [-0.15, -0.1) is 0 Å². The lowest BCUT2D eigenvalue weighted by Gasteiger charge is -2.02. The highest BCUT2D eigenvalue weighted by atomic mass is 16.6. The van der Waals surface area contributed by atoms with Gasteiger partial charge >= 0.3 is 0 Å². The fraction of sp³-hybridized carbons (Fsp3) is 0.400. The van der Waals surface area contributed by atoms with Gasteiger partial charge in [-0.25, -0.2) is 0 Å². The van der Waals surface area contributed by atoms with Crippen LogP contribution in [0.2, 0.25) is 0 Å². The molecule has 0 N–H and O–H groups in total. The Hall–Kier alpha value is -1.02. The van der Waals surface area contributed by atoms with Crippen molar-refractivity contribution in [3.8, 4) is 5.75 Å². The van der Waals surface area contributed by atoms with Crippen molar-refractivity contribution in [1.29, 1.82) is 0 Å². The fourth-order valence-corrected chi connectivity index (χ4v) is 1.10. The van der Waals surface area contributed by atoms with E-state index in [0.717, 1.165) is 5.75 Å². The first-order valence-corrected chi connectivity index (χ1v) is 4.19. The van der Waals surface area contributed by atoms with Crippen LogP contribution in [0.5, 0.6) is 5.75 Å². The highest BCUT2D eigenvalue weighted by Crippen LogP contribution is 2.21. The third kappa shape index (κ3) is 1.77. The van der Waals surface area contributed by atoms with Gasteiger partial charge in [0, 0.05) is 0 Å². The Morgan fingerprint density at radius 2 is 2.00 bits per heavy atom. The second-order valence-electron chi connectivity index (χ2n) is 3.00. The average Bonchev–Trinajstić information content (AvgIpc) is 2.81. The maximum absolute atomic E-state index is 5.48. The normalized spacial score (nSPS) is 26.8. The van der Waals surface area contributed by atoms with Crippen LogP contribution in [0.3, 0.4) is 0 Å². The van der Waals surface area contributed by atoms with Gasteiger partial charge in [0.25, 0.3) is 0 Å². The SMILES string of the molecule is CC1OC1COc1ccccc1. The second-order valence-corrected chi connectivity index (χ2v) is 3.00. The summed E-state index contributed by atoms with van der Waals surface area (Å²) in [6.07, 6.45) is 0.693. The quantitative estimate of drug-likeness (QED) is 0.636. The van der Waals surface area contributed by atoms with Crippen LogP contribution in [-0.2, 0) is 4.74 Å². The van der Waals surface area contributed by atoms with E-state index in [-0.39, 0.29) is 0 Å². The van der Waals surface area contributed by atoms with Gasteiger partial charge in [0.1, 0.15) is 18.5 Å². The Morgan fingerprint density at radius 1 is 1.33 bits per heavy atom. The molecule has 0 aliphatic carbocycles. The highest BCUT2D eigenvalue weighted by molar-refractivity contribution is 5.21. The monoisotopic (exact) mass is 164 g/mol. The molecule has 2 rings (SSSR count). The molecule has 2 nitrogen and oxygen atoms in total. The zero-order valence-corrected chi connectivity index (χ0v) is 7.07. The zero-order chi connectivity index (χ0) is 8.39. The lowest BCUT2D eigenvalue weighted by Crippen LogP contribution is -2.05. The molecule has 1 aliphatic heterocycles. The molecule has 1 aliphatic rings. The minimum absolute atomic E-state index is 0.310. The molecule has 1 aromatic rings. The molecule has 2 heteroatoms. The number of epoxide rings is 1. The van der Waals surface area contributed by atoms with Crippen LogP contribution in [0, 0.1) is 0 Å². The summed E-state index contributed by atoms with van der Waals surface area (Å²) < 4.78 is 10.7. The predicted molar refractivity (Wildman–Crippen MR) is 46.3 cm³/mol. The molecule has 0 radical (unpaired) electrons. The largest absolute Gasteiger partial charge is 0.491 e. The summed E-state index contributed by atoms with van der Waals surface area (Å²) in [6, 6.07) is 9.81. The van der Waals surface area contributed by atoms with Crippen molar-refractivity contribution >= 4 is 0 Å². The summed E-state index contributed by atoms with van der Waals surface area (Å²) in [7, 11) is 0. The molecule has 12 heavy (non-hydrogen) atoms. The molecule has 64 valence electrons. The molecule has 0 amide bonds. The van der Waals surface area contributed by atoms with Gasteiger partial charge in [0.15, 0.2) is 0 Å². The number of ether oxygens (including phenoxy) is 2. The minimum Gasteiger partial charge on any atom is -0.491 e. The highest BCUT2D eigenvalue weighted by Gasteiger charge is 2.34. The first-order valence-electron chi connectivity index (χ1n) is 4.19. The van der Waals surface area contributed by atoms with E-state index in [1.165, 1.54) is 0 Å². The van der Waals surface area contributed by atoms with Crippen molar-refractivity contribution in [3.63, 3.8) is 0 Å². The fourth-order valence-electron chi connectivity index (χ4n) is 1.10. The second kappa shape index (κ2) is 3.15. The molecular weight excluding hydrogens is 152 g/mol. The Labute approximate surface area is 72.1 Å². The first-order chi connectivity index (χ1) is 5.86. The van der Waals surface area contributed by atoms with E-state index in [4.69, 9.17) is 9.47 Å². The summed E-state index contributed by atoms with van der Waals surface area (Å²) in [5.74, 6) is 0.917. The van der Waals surface area contributed by atoms with Crippen LogP contribution >= 0.6 is 0 Å². The van der Waals surface area contributed by atoms with Crippen LogP contribution in [-0.4, -0.2) is 18.8 Å². The van der Waals surface area contributed by atoms with E-state index in [2.05, 4.69) is 6.92 Å². The molecule has 0 bridgehead atoms. The van der Waals surface area contributed by atoms with Gasteiger partial charge < -0.3 is 9.47 Å². The first kappa shape index (κ1) is 7.62. The van der Waals surface area contributed by atoms with Crippen molar-refractivity contribution < 1.29 is 9.47 Å². The van der Waals surface area contributed by atoms with E-state index >= 15 is 0 Å². The molecule has 2 unspecified atom stereocenters. The topological polar surface area (TPSA) is 21.8 Å². The number of rotatable bonds is 3. The Balaban J connectivity index is 1.80. The van der Waals surface area contributed by atoms with Crippen LogP contribution in [0.4, 0.5) is 0 Å². The molecule has 0 saturated carbocycles. The van der Waals surface area contributed by atoms with Gasteiger partial charge in [0.05, 0.1) is 6.10 Å². The lowest BCUT2D eigenvalue weighted by atomic mass is 10.3. The molecule has 1 saturated heterocycles. The lowest BCUT2D eigenvalue weighted by molar-refractivity contribution is 0.261. The predicted octanol–water partition coefficient (Wildman–Crippen LogP) is 1.85. The molecule has 1 fully saturated rings. The van der Waals surface area contributed by atoms with Crippen LogP contribution in [0.15, 0.2) is 30.3 Å². The van der Waals surface area contributed by atoms with Crippen molar-refractivity contribution in [2.75, 3.05) is 6.61 Å². The standard InChI is InChI=1S/C10H12O2/c1-8-10(12-8)7-11-9-5-3-2-4-6-9/h2-6,8,10H,7H2,1H3. The van der Waals surface area contributed by atoms with E-state index in [0.29, 0.717) is 18.8 Å². The Morgan fingerprint density at radius 3 is 2.58 bits per heavy atom. The number of hydrogen-bond donors (Lipinski definition) is 0. The van der Waals surface area contributed by atoms with Crippen LogP contribution < -0.4 is 4.74 Å². The van der Waals surface area contributed by atoms with Gasteiger partial charge in [0.2, 0.25) is 0 Å². The molecule has 1 aromatic carbocycles. The van der Waals surface area contributed by atoms with Crippen LogP contribution in [0.25, 0.3) is 0 Å². The average molecular weight is 164 g/mol. The molecule has 0 spiro atoms. The summed E-state index contributed by atoms with van der Waals surface area (Å²) in [6.45, 7) is 2.73. The van der Waals surface area contributed by atoms with Gasteiger partial charge in [-0.1, -0.05) is 18.2 Å². The van der Waals surface area contributed by atoms with E-state index < -0.39 is 0 Å². The van der Waals surface area contributed by atoms with Crippen molar-refractivity contribution in [3.05, 3.63) is 30.3 Å². The molecule has 1 heterocycles. The van der Waals surface area contributed by atoms with E-state index in [9.17, 15) is 0 Å². The summed E-state index contributed by atoms with van der Waals surface area (Å²) in [5.41, 5.74) is 0. The Kier molecular flexibility index (Phi) is 2.00.